The van der Waals surface area contributed by atoms with Crippen molar-refractivity contribution < 1.29 is 9.90 Å². The number of carbonyl (C=O) groups is 1. The minimum atomic E-state index is -0.443. The molecule has 0 unspecified atom stereocenters. The molecule has 1 aliphatic rings. The summed E-state index contributed by atoms with van der Waals surface area (Å²) >= 11 is 0. The number of fused-ring (bicyclic) bond motifs is 1. The second kappa shape index (κ2) is 7.87. The van der Waals surface area contributed by atoms with Gasteiger partial charge in [-0.25, -0.2) is 15.0 Å². The van der Waals surface area contributed by atoms with E-state index in [1.807, 2.05) is 17.1 Å². The topological polar surface area (TPSA) is 96.2 Å². The summed E-state index contributed by atoms with van der Waals surface area (Å²) in [6.07, 6.45) is 9.45. The Morgan fingerprint density at radius 1 is 1.29 bits per heavy atom. The zero-order chi connectivity index (χ0) is 16.8. The van der Waals surface area contributed by atoms with Gasteiger partial charge in [-0.05, 0) is 12.8 Å². The van der Waals surface area contributed by atoms with E-state index < -0.39 is 6.61 Å². The van der Waals surface area contributed by atoms with E-state index in [9.17, 15) is 4.79 Å². The quantitative estimate of drug-likeness (QED) is 0.729. The van der Waals surface area contributed by atoms with Crippen LogP contribution in [0.25, 0.3) is 0 Å². The summed E-state index contributed by atoms with van der Waals surface area (Å²) in [5.41, 5.74) is 2.06. The molecule has 3 rings (SSSR count). The van der Waals surface area contributed by atoms with E-state index >= 15 is 0 Å². The van der Waals surface area contributed by atoms with E-state index in [2.05, 4.69) is 20.3 Å². The summed E-state index contributed by atoms with van der Waals surface area (Å²) in [6.45, 7) is 2.44. The number of aryl methyl sites for hydroxylation is 1. The predicted molar refractivity (Wildman–Crippen MR) is 88.4 cm³/mol. The first-order valence-corrected chi connectivity index (χ1v) is 8.19. The summed E-state index contributed by atoms with van der Waals surface area (Å²) in [5, 5.41) is 12.4. The Hall–Kier alpha value is -2.48. The van der Waals surface area contributed by atoms with Gasteiger partial charge in [-0.3, -0.25) is 4.79 Å². The lowest BCUT2D eigenvalue weighted by Crippen LogP contribution is -2.35. The van der Waals surface area contributed by atoms with Crippen molar-refractivity contribution in [2.45, 2.75) is 25.8 Å². The molecule has 0 saturated heterocycles. The first-order valence-electron chi connectivity index (χ1n) is 8.19. The number of anilines is 1. The Balaban J connectivity index is 1.59. The van der Waals surface area contributed by atoms with Gasteiger partial charge in [-0.1, -0.05) is 0 Å². The second-order valence-electron chi connectivity index (χ2n) is 5.77. The van der Waals surface area contributed by atoms with Crippen LogP contribution in [0.3, 0.4) is 0 Å². The van der Waals surface area contributed by atoms with Crippen LogP contribution in [0.2, 0.25) is 0 Å². The van der Waals surface area contributed by atoms with Gasteiger partial charge >= 0.3 is 0 Å². The third-order valence-corrected chi connectivity index (χ3v) is 4.22. The van der Waals surface area contributed by atoms with Crippen molar-refractivity contribution in [3.63, 3.8) is 0 Å². The smallest absolute Gasteiger partial charge is 0.248 e. The molecule has 0 fully saturated rings. The lowest BCUT2D eigenvalue weighted by Gasteiger charge is -2.18. The molecule has 8 nitrogen and oxygen atoms in total. The number of aromatic nitrogens is 4. The highest BCUT2D eigenvalue weighted by Gasteiger charge is 2.20. The summed E-state index contributed by atoms with van der Waals surface area (Å²) in [6, 6.07) is 0. The molecular formula is C16H22N6O2. The van der Waals surface area contributed by atoms with Crippen LogP contribution in [0.4, 0.5) is 5.82 Å². The highest BCUT2D eigenvalue weighted by molar-refractivity contribution is 5.77. The predicted octanol–water partition coefficient (Wildman–Crippen LogP) is 0.0948. The molecule has 1 aliphatic heterocycles. The molecule has 2 aromatic rings. The van der Waals surface area contributed by atoms with Crippen molar-refractivity contribution >= 4 is 11.7 Å². The number of nitrogens with zero attached hydrogens (tertiary/aromatic N) is 5. The standard InChI is InChI=1S/C16H22N6O2/c23-10-15(24)22-7-2-13-14(3-8-22)19-11-20-16(13)18-4-1-6-21-9-5-17-12-21/h5,9,11-12,23H,1-4,6-8,10H2,(H,18,19,20). The highest BCUT2D eigenvalue weighted by Crippen LogP contribution is 2.20. The molecule has 8 heteroatoms. The normalized spacial score (nSPS) is 14.1. The molecule has 24 heavy (non-hydrogen) atoms. The fourth-order valence-electron chi connectivity index (χ4n) is 2.92. The van der Waals surface area contributed by atoms with Crippen LogP contribution >= 0.6 is 0 Å². The Morgan fingerprint density at radius 2 is 2.17 bits per heavy atom. The molecule has 0 atom stereocenters. The lowest BCUT2D eigenvalue weighted by molar-refractivity contribution is -0.134. The van der Waals surface area contributed by atoms with Crippen LogP contribution in [-0.2, 0) is 24.2 Å². The summed E-state index contributed by atoms with van der Waals surface area (Å²) in [7, 11) is 0. The van der Waals surface area contributed by atoms with Crippen molar-refractivity contribution in [3.8, 4) is 0 Å². The molecule has 2 N–H and O–H groups in total. The Bertz CT molecular complexity index is 673. The molecule has 0 aromatic carbocycles. The monoisotopic (exact) mass is 330 g/mol. The fourth-order valence-corrected chi connectivity index (χ4v) is 2.92. The van der Waals surface area contributed by atoms with Crippen LogP contribution in [-0.4, -0.2) is 61.7 Å². The summed E-state index contributed by atoms with van der Waals surface area (Å²) in [4.78, 5) is 26.1. The Morgan fingerprint density at radius 3 is 2.96 bits per heavy atom. The number of aliphatic hydroxyl groups excluding tert-OH is 1. The van der Waals surface area contributed by atoms with Crippen LogP contribution in [0.15, 0.2) is 25.0 Å². The number of hydrogen-bond donors (Lipinski definition) is 2. The van der Waals surface area contributed by atoms with E-state index in [0.717, 1.165) is 36.6 Å². The van der Waals surface area contributed by atoms with E-state index in [4.69, 9.17) is 5.11 Å². The molecule has 1 amide bonds. The maximum absolute atomic E-state index is 11.7. The highest BCUT2D eigenvalue weighted by atomic mass is 16.3. The van der Waals surface area contributed by atoms with E-state index in [0.29, 0.717) is 25.9 Å². The number of hydrogen-bond acceptors (Lipinski definition) is 6. The Labute approximate surface area is 140 Å². The van der Waals surface area contributed by atoms with Crippen molar-refractivity contribution in [2.75, 3.05) is 31.6 Å². The first kappa shape index (κ1) is 16.4. The number of carbonyl (C=O) groups excluding carboxylic acids is 1. The van der Waals surface area contributed by atoms with Gasteiger partial charge in [-0.2, -0.15) is 0 Å². The first-order chi connectivity index (χ1) is 11.8. The van der Waals surface area contributed by atoms with Crippen LogP contribution < -0.4 is 5.32 Å². The third kappa shape index (κ3) is 3.88. The maximum Gasteiger partial charge on any atom is 0.248 e. The molecule has 2 aromatic heterocycles. The van der Waals surface area contributed by atoms with Gasteiger partial charge < -0.3 is 19.9 Å². The van der Waals surface area contributed by atoms with Gasteiger partial charge in [0.2, 0.25) is 5.91 Å². The van der Waals surface area contributed by atoms with Crippen LogP contribution in [0.1, 0.15) is 17.7 Å². The summed E-state index contributed by atoms with van der Waals surface area (Å²) in [5.74, 6) is 0.620. The van der Waals surface area contributed by atoms with Crippen molar-refractivity contribution in [1.29, 1.82) is 0 Å². The van der Waals surface area contributed by atoms with Crippen molar-refractivity contribution in [3.05, 3.63) is 36.3 Å². The molecule has 128 valence electrons. The molecule has 0 radical (unpaired) electrons. The average molecular weight is 330 g/mol. The molecule has 0 aliphatic carbocycles. The van der Waals surface area contributed by atoms with Crippen LogP contribution in [0.5, 0.6) is 0 Å². The minimum absolute atomic E-state index is 0.231. The van der Waals surface area contributed by atoms with E-state index in [1.54, 1.807) is 17.4 Å². The van der Waals surface area contributed by atoms with Gasteiger partial charge in [0.1, 0.15) is 18.8 Å². The van der Waals surface area contributed by atoms with Gasteiger partial charge in [0.05, 0.1) is 12.0 Å². The number of amides is 1. The Kier molecular flexibility index (Phi) is 5.37. The number of nitrogens with one attached hydrogen (secondary N) is 1. The number of imidazole rings is 1. The minimum Gasteiger partial charge on any atom is -0.387 e. The zero-order valence-electron chi connectivity index (χ0n) is 13.6. The SMILES string of the molecule is O=C(CO)N1CCc2ncnc(NCCCn3ccnc3)c2CC1. The molecular weight excluding hydrogens is 308 g/mol. The van der Waals surface area contributed by atoms with Crippen molar-refractivity contribution in [1.82, 2.24) is 24.4 Å². The van der Waals surface area contributed by atoms with Gasteiger partial charge in [0.25, 0.3) is 0 Å². The second-order valence-corrected chi connectivity index (χ2v) is 5.77. The molecule has 0 spiro atoms. The van der Waals surface area contributed by atoms with Crippen LogP contribution in [0, 0.1) is 0 Å². The number of aliphatic hydroxyl groups is 1. The third-order valence-electron chi connectivity index (χ3n) is 4.22. The van der Waals surface area contributed by atoms with Gasteiger partial charge in [0, 0.05) is 50.6 Å². The van der Waals surface area contributed by atoms with E-state index in [-0.39, 0.29) is 5.91 Å². The lowest BCUT2D eigenvalue weighted by atomic mass is 10.1. The van der Waals surface area contributed by atoms with Gasteiger partial charge in [-0.15, -0.1) is 0 Å². The van der Waals surface area contributed by atoms with E-state index in [1.165, 1.54) is 0 Å². The average Bonchev–Trinajstić information content (AvgIpc) is 3.03. The van der Waals surface area contributed by atoms with Gasteiger partial charge in [0.15, 0.2) is 0 Å². The molecule has 0 bridgehead atoms. The molecule has 3 heterocycles. The largest absolute Gasteiger partial charge is 0.387 e. The summed E-state index contributed by atoms with van der Waals surface area (Å²) < 4.78 is 2.04. The number of rotatable bonds is 6. The molecule has 0 saturated carbocycles. The maximum atomic E-state index is 11.7. The zero-order valence-corrected chi connectivity index (χ0v) is 13.6. The van der Waals surface area contributed by atoms with Crippen molar-refractivity contribution in [2.24, 2.45) is 0 Å². The fraction of sp³-hybridized carbons (Fsp3) is 0.500.